The van der Waals surface area contributed by atoms with E-state index < -0.39 is 33.7 Å². The van der Waals surface area contributed by atoms with Crippen molar-refractivity contribution in [2.24, 2.45) is 0 Å². The minimum absolute atomic E-state index is 0. The number of carboxylic acid groups (broad SMARTS) is 2. The Bertz CT molecular complexity index is 482. The molecule has 1 atom stereocenters. The summed E-state index contributed by atoms with van der Waals surface area (Å²) in [6.45, 7) is 7.79. The molecular formula is C19H37KO8S. The topological polar surface area (TPSA) is 138 Å². The molecule has 29 heavy (non-hydrogen) atoms. The monoisotopic (exact) mass is 464 g/mol. The van der Waals surface area contributed by atoms with E-state index in [1.807, 2.05) is 0 Å². The summed E-state index contributed by atoms with van der Waals surface area (Å²) in [5.41, 5.74) is 0. The second-order valence-corrected chi connectivity index (χ2v) is 8.19. The van der Waals surface area contributed by atoms with Crippen LogP contribution in [0, 0.1) is 6.92 Å². The molecule has 0 aliphatic rings. The quantitative estimate of drug-likeness (QED) is 0.125. The molecule has 10 heteroatoms. The van der Waals surface area contributed by atoms with Gasteiger partial charge in [-0.1, -0.05) is 64.7 Å². The average molecular weight is 465 g/mol. The molecule has 0 bridgehead atoms. The van der Waals surface area contributed by atoms with Crippen molar-refractivity contribution in [1.82, 2.24) is 0 Å². The van der Waals surface area contributed by atoms with Crippen LogP contribution in [0.3, 0.4) is 0 Å². The zero-order chi connectivity index (χ0) is 21.8. The molecule has 0 fully saturated rings. The molecule has 0 aliphatic carbocycles. The molecule has 0 amide bonds. The molecule has 8 nitrogen and oxygen atoms in total. The van der Waals surface area contributed by atoms with Gasteiger partial charge in [-0.05, 0) is 6.42 Å². The number of hydrogen-bond acceptors (Lipinski definition) is 5. The molecule has 0 spiro atoms. The number of carboxylic acids is 2. The van der Waals surface area contributed by atoms with Gasteiger partial charge in [-0.15, -0.1) is 0 Å². The van der Waals surface area contributed by atoms with Gasteiger partial charge < -0.3 is 21.9 Å². The van der Waals surface area contributed by atoms with Gasteiger partial charge in [0.25, 0.3) is 10.1 Å². The van der Waals surface area contributed by atoms with Gasteiger partial charge in [0.2, 0.25) is 0 Å². The fourth-order valence-corrected chi connectivity index (χ4v) is 2.98. The Kier molecular flexibility index (Phi) is 27.2. The fourth-order valence-electron chi connectivity index (χ4n) is 2.37. The Morgan fingerprint density at radius 2 is 1.34 bits per heavy atom. The summed E-state index contributed by atoms with van der Waals surface area (Å²) in [5.74, 6) is -3.50. The molecule has 3 N–H and O–H groups in total. The largest absolute Gasteiger partial charge is 1.00 e. The molecule has 0 radical (unpaired) electrons. The first-order chi connectivity index (χ1) is 13.2. The molecule has 0 saturated heterocycles. The number of unbranched alkanes of at least 4 members (excludes halogenated alkanes) is 9. The molecule has 1 unspecified atom stereocenters. The number of carbonyl (C=O) groups is 2. The van der Waals surface area contributed by atoms with E-state index in [9.17, 15) is 18.0 Å². The molecule has 0 rings (SSSR count). The Hall–Kier alpha value is 0.446. The molecule has 0 aromatic carbocycles. The van der Waals surface area contributed by atoms with Crippen molar-refractivity contribution in [3.63, 3.8) is 0 Å². The predicted octanol–water partition coefficient (Wildman–Crippen LogP) is 0.954. The summed E-state index contributed by atoms with van der Waals surface area (Å²) in [4.78, 5) is 20.0. The van der Waals surface area contributed by atoms with Crippen LogP contribution in [0.15, 0.2) is 0 Å². The first kappa shape index (κ1) is 34.1. The maximum absolute atomic E-state index is 10.2. The molecule has 0 aliphatic heterocycles. The SMILES string of the molecule is O=C(O)CC(C(=O)O)S(=O)(=O)O.[CH2-]CCOCCCCCCCCCCCC.[K+]. The zero-order valence-electron chi connectivity index (χ0n) is 18.0. The van der Waals surface area contributed by atoms with Crippen molar-refractivity contribution in [2.75, 3.05) is 13.2 Å². The van der Waals surface area contributed by atoms with Gasteiger partial charge in [-0.3, -0.25) is 14.1 Å². The Balaban J connectivity index is -0.000000468. The number of ether oxygens (including phenoxy) is 1. The van der Waals surface area contributed by atoms with Crippen LogP contribution >= 0.6 is 0 Å². The molecular weight excluding hydrogens is 427 g/mol. The Morgan fingerprint density at radius 1 is 0.897 bits per heavy atom. The normalized spacial score (nSPS) is 11.7. The number of hydrogen-bond donors (Lipinski definition) is 3. The van der Waals surface area contributed by atoms with E-state index >= 15 is 0 Å². The third-order valence-electron chi connectivity index (χ3n) is 3.93. The predicted molar refractivity (Wildman–Crippen MR) is 108 cm³/mol. The van der Waals surface area contributed by atoms with Crippen LogP contribution in [0.4, 0.5) is 0 Å². The van der Waals surface area contributed by atoms with E-state index in [-0.39, 0.29) is 51.4 Å². The van der Waals surface area contributed by atoms with Crippen molar-refractivity contribution in [2.45, 2.75) is 89.2 Å². The van der Waals surface area contributed by atoms with Crippen LogP contribution in [0.25, 0.3) is 0 Å². The number of rotatable bonds is 17. The minimum Gasteiger partial charge on any atom is -0.481 e. The first-order valence-electron chi connectivity index (χ1n) is 9.94. The minimum atomic E-state index is -4.84. The third-order valence-corrected chi connectivity index (χ3v) is 5.01. The Morgan fingerprint density at radius 3 is 1.66 bits per heavy atom. The van der Waals surface area contributed by atoms with Crippen LogP contribution in [0.5, 0.6) is 0 Å². The summed E-state index contributed by atoms with van der Waals surface area (Å²) in [7, 11) is -4.84. The van der Waals surface area contributed by atoms with Gasteiger partial charge in [-0.2, -0.15) is 14.8 Å². The third kappa shape index (κ3) is 26.4. The molecule has 0 saturated carbocycles. The summed E-state index contributed by atoms with van der Waals surface area (Å²) in [5, 5.41) is 13.9. The summed E-state index contributed by atoms with van der Waals surface area (Å²) in [6.07, 6.45) is 13.7. The molecule has 0 aromatic heterocycles. The fraction of sp³-hybridized carbons (Fsp3) is 0.842. The van der Waals surface area contributed by atoms with E-state index in [1.165, 1.54) is 64.2 Å². The van der Waals surface area contributed by atoms with Crippen molar-refractivity contribution >= 4 is 22.1 Å². The summed E-state index contributed by atoms with van der Waals surface area (Å²) >= 11 is 0. The van der Waals surface area contributed by atoms with Crippen molar-refractivity contribution in [3.05, 3.63) is 6.92 Å². The van der Waals surface area contributed by atoms with Crippen molar-refractivity contribution < 1.29 is 88.9 Å². The second-order valence-electron chi connectivity index (χ2n) is 6.59. The average Bonchev–Trinajstić information content (AvgIpc) is 2.60. The molecule has 0 heterocycles. The van der Waals surface area contributed by atoms with Crippen LogP contribution in [0.1, 0.15) is 84.0 Å². The van der Waals surface area contributed by atoms with Crippen molar-refractivity contribution in [3.8, 4) is 0 Å². The van der Waals surface area contributed by atoms with Crippen molar-refractivity contribution in [1.29, 1.82) is 0 Å². The molecule has 168 valence electrons. The van der Waals surface area contributed by atoms with Gasteiger partial charge in [0.1, 0.15) is 0 Å². The first-order valence-corrected chi connectivity index (χ1v) is 11.4. The summed E-state index contributed by atoms with van der Waals surface area (Å²) in [6, 6.07) is 0. The van der Waals surface area contributed by atoms with Crippen LogP contribution in [-0.2, 0) is 24.4 Å². The van der Waals surface area contributed by atoms with E-state index in [2.05, 4.69) is 13.8 Å². The van der Waals surface area contributed by atoms with Crippen LogP contribution in [0.2, 0.25) is 0 Å². The number of aliphatic carboxylic acids is 2. The second kappa shape index (κ2) is 23.1. The van der Waals surface area contributed by atoms with Crippen LogP contribution < -0.4 is 51.4 Å². The maximum Gasteiger partial charge on any atom is 1.00 e. The zero-order valence-corrected chi connectivity index (χ0v) is 21.9. The standard InChI is InChI=1S/C15H31O.C4H6O7S.K/c1-3-5-6-7-8-9-10-11-12-13-15-16-14-4-2;5-3(6)1-2(4(7)8)12(9,10)11;/h2-15H2,1H3;2H,1H2,(H,5,6)(H,7,8)(H,9,10,11);/q-1;;+1. The van der Waals surface area contributed by atoms with E-state index in [0.29, 0.717) is 0 Å². The van der Waals surface area contributed by atoms with Gasteiger partial charge >= 0.3 is 63.3 Å². The Labute approximate surface area is 218 Å². The van der Waals surface area contributed by atoms with E-state index in [4.69, 9.17) is 19.5 Å². The molecule has 0 aromatic rings. The smallest absolute Gasteiger partial charge is 0.481 e. The van der Waals surface area contributed by atoms with Gasteiger partial charge in [0.05, 0.1) is 6.42 Å². The van der Waals surface area contributed by atoms with Crippen LogP contribution in [-0.4, -0.2) is 53.6 Å². The van der Waals surface area contributed by atoms with Gasteiger partial charge in [0.15, 0.2) is 5.25 Å². The van der Waals surface area contributed by atoms with Gasteiger partial charge in [-0.25, -0.2) is 0 Å². The maximum atomic E-state index is 10.2. The van der Waals surface area contributed by atoms with E-state index in [0.717, 1.165) is 19.6 Å². The van der Waals surface area contributed by atoms with Gasteiger partial charge in [0, 0.05) is 13.2 Å². The van der Waals surface area contributed by atoms with E-state index in [1.54, 1.807) is 0 Å². The summed E-state index contributed by atoms with van der Waals surface area (Å²) < 4.78 is 34.1.